The average Bonchev–Trinajstić information content (AvgIpc) is 3.14. The first-order valence-electron chi connectivity index (χ1n) is 9.59. The summed E-state index contributed by atoms with van der Waals surface area (Å²) in [6.07, 6.45) is 0.667. The van der Waals surface area contributed by atoms with Crippen LogP contribution in [0.4, 0.5) is 0 Å². The molecule has 0 fully saturated rings. The van der Waals surface area contributed by atoms with Crippen molar-refractivity contribution in [2.24, 2.45) is 0 Å². The Morgan fingerprint density at radius 2 is 1.97 bits per heavy atom. The first-order chi connectivity index (χ1) is 14.0. The van der Waals surface area contributed by atoms with Crippen LogP contribution in [0.15, 0.2) is 52.6 Å². The molecule has 4 rings (SSSR count). The van der Waals surface area contributed by atoms with Crippen LogP contribution in [-0.4, -0.2) is 9.55 Å². The van der Waals surface area contributed by atoms with Gasteiger partial charge in [-0.05, 0) is 42.7 Å². The van der Waals surface area contributed by atoms with E-state index in [-0.39, 0.29) is 5.56 Å². The summed E-state index contributed by atoms with van der Waals surface area (Å²) < 4.78 is 1.75. The summed E-state index contributed by atoms with van der Waals surface area (Å²) in [6, 6.07) is 15.8. The van der Waals surface area contributed by atoms with Gasteiger partial charge < -0.3 is 0 Å². The minimum atomic E-state index is -0.0227. The van der Waals surface area contributed by atoms with Gasteiger partial charge in [0.15, 0.2) is 0 Å². The average molecular weight is 400 g/mol. The van der Waals surface area contributed by atoms with Crippen LogP contribution in [0.5, 0.6) is 0 Å². The van der Waals surface area contributed by atoms with Crippen molar-refractivity contribution < 1.29 is 0 Å². The minimum absolute atomic E-state index is 0.0227. The van der Waals surface area contributed by atoms with Gasteiger partial charge in [-0.2, -0.15) is 5.26 Å². The molecule has 4 nitrogen and oxygen atoms in total. The van der Waals surface area contributed by atoms with Gasteiger partial charge in [-0.25, -0.2) is 4.98 Å². The number of benzene rings is 2. The Balaban J connectivity index is 1.92. The number of rotatable bonds is 4. The normalized spacial score (nSPS) is 11.0. The van der Waals surface area contributed by atoms with Crippen molar-refractivity contribution in [2.75, 3.05) is 0 Å². The van der Waals surface area contributed by atoms with Gasteiger partial charge in [0.1, 0.15) is 10.7 Å². The first kappa shape index (κ1) is 19.1. The molecule has 0 aliphatic carbocycles. The van der Waals surface area contributed by atoms with Crippen LogP contribution in [-0.2, 0) is 13.0 Å². The standard InChI is InChI=1S/C24H21N3OS/c1-4-21-26-23-22(20(14-29-23)19-9-8-15(2)10-16(19)3)24(28)27(21)13-18-7-5-6-17(11-18)12-25/h5-11,14H,4,13H2,1-3H3. The van der Waals surface area contributed by atoms with Gasteiger partial charge in [0.05, 0.1) is 23.6 Å². The maximum atomic E-state index is 13.6. The van der Waals surface area contributed by atoms with Crippen LogP contribution in [0.1, 0.15) is 35.0 Å². The third-order valence-electron chi connectivity index (χ3n) is 5.16. The van der Waals surface area contributed by atoms with Crippen LogP contribution in [0.2, 0.25) is 0 Å². The van der Waals surface area contributed by atoms with Crippen molar-refractivity contribution in [3.05, 3.63) is 86.3 Å². The lowest BCUT2D eigenvalue weighted by molar-refractivity contribution is 0.687. The summed E-state index contributed by atoms with van der Waals surface area (Å²) in [4.78, 5) is 19.1. The monoisotopic (exact) mass is 399 g/mol. The maximum absolute atomic E-state index is 13.6. The Labute approximate surface area is 173 Å². The predicted molar refractivity (Wildman–Crippen MR) is 118 cm³/mol. The Bertz CT molecular complexity index is 1320. The number of thiophene rings is 1. The number of hydrogen-bond donors (Lipinski definition) is 0. The van der Waals surface area contributed by atoms with Crippen molar-refractivity contribution in [3.8, 4) is 17.2 Å². The number of nitrogens with zero attached hydrogens (tertiary/aromatic N) is 3. The zero-order chi connectivity index (χ0) is 20.5. The second kappa shape index (κ2) is 7.65. The molecule has 2 heterocycles. The second-order valence-corrected chi connectivity index (χ2v) is 8.09. The van der Waals surface area contributed by atoms with E-state index >= 15 is 0 Å². The van der Waals surface area contributed by atoms with Crippen LogP contribution in [0.25, 0.3) is 21.3 Å². The SMILES string of the molecule is CCc1nc2scc(-c3ccc(C)cc3C)c2c(=O)n1Cc1cccc(C#N)c1. The Hall–Kier alpha value is -3.23. The van der Waals surface area contributed by atoms with E-state index in [1.54, 1.807) is 10.6 Å². The van der Waals surface area contributed by atoms with E-state index in [0.717, 1.165) is 32.9 Å². The summed E-state index contributed by atoms with van der Waals surface area (Å²) >= 11 is 1.52. The molecule has 0 unspecified atom stereocenters. The molecular formula is C24H21N3OS. The molecule has 0 N–H and O–H groups in total. The van der Waals surface area contributed by atoms with Gasteiger partial charge in [0.2, 0.25) is 0 Å². The largest absolute Gasteiger partial charge is 0.292 e. The molecule has 0 aliphatic rings. The van der Waals surface area contributed by atoms with E-state index in [0.29, 0.717) is 23.9 Å². The molecule has 5 heteroatoms. The van der Waals surface area contributed by atoms with Crippen LogP contribution < -0.4 is 5.56 Å². The first-order valence-corrected chi connectivity index (χ1v) is 10.5. The van der Waals surface area contributed by atoms with E-state index < -0.39 is 0 Å². The van der Waals surface area contributed by atoms with Crippen molar-refractivity contribution in [1.82, 2.24) is 9.55 Å². The van der Waals surface area contributed by atoms with Gasteiger partial charge in [-0.1, -0.05) is 42.8 Å². The Kier molecular flexibility index (Phi) is 5.04. The molecule has 4 aromatic rings. The van der Waals surface area contributed by atoms with Gasteiger partial charge in [-0.15, -0.1) is 11.3 Å². The lowest BCUT2D eigenvalue weighted by atomic mass is 9.99. The molecule has 0 radical (unpaired) electrons. The molecule has 0 saturated heterocycles. The van der Waals surface area contributed by atoms with Crippen molar-refractivity contribution >= 4 is 21.6 Å². The highest BCUT2D eigenvalue weighted by atomic mass is 32.1. The highest BCUT2D eigenvalue weighted by Gasteiger charge is 2.17. The fourth-order valence-corrected chi connectivity index (χ4v) is 4.68. The highest BCUT2D eigenvalue weighted by Crippen LogP contribution is 2.33. The number of hydrogen-bond acceptors (Lipinski definition) is 4. The number of fused-ring (bicyclic) bond motifs is 1. The molecule has 29 heavy (non-hydrogen) atoms. The topological polar surface area (TPSA) is 58.7 Å². The predicted octanol–water partition coefficient (Wildman–Crippen LogP) is 5.22. The second-order valence-electron chi connectivity index (χ2n) is 7.23. The maximum Gasteiger partial charge on any atom is 0.263 e. The van der Waals surface area contributed by atoms with Crippen LogP contribution in [0.3, 0.4) is 0 Å². The third kappa shape index (κ3) is 3.48. The summed E-state index contributed by atoms with van der Waals surface area (Å²) in [5.74, 6) is 0.763. The highest BCUT2D eigenvalue weighted by molar-refractivity contribution is 7.17. The molecule has 2 aromatic carbocycles. The quantitative estimate of drug-likeness (QED) is 0.472. The minimum Gasteiger partial charge on any atom is -0.292 e. The van der Waals surface area contributed by atoms with E-state index in [2.05, 4.69) is 38.1 Å². The zero-order valence-corrected chi connectivity index (χ0v) is 17.5. The summed E-state index contributed by atoms with van der Waals surface area (Å²) in [5.41, 5.74) is 5.86. The van der Waals surface area contributed by atoms with Gasteiger partial charge >= 0.3 is 0 Å². The number of nitriles is 1. The van der Waals surface area contributed by atoms with Gasteiger partial charge in [-0.3, -0.25) is 9.36 Å². The van der Waals surface area contributed by atoms with E-state index in [4.69, 9.17) is 4.98 Å². The van der Waals surface area contributed by atoms with Crippen molar-refractivity contribution in [1.29, 1.82) is 5.26 Å². The number of aryl methyl sites for hydroxylation is 3. The summed E-state index contributed by atoms with van der Waals surface area (Å²) in [5, 5.41) is 11.9. The lowest BCUT2D eigenvalue weighted by Crippen LogP contribution is -2.25. The summed E-state index contributed by atoms with van der Waals surface area (Å²) in [7, 11) is 0. The number of aromatic nitrogens is 2. The van der Waals surface area contributed by atoms with Crippen LogP contribution in [0, 0.1) is 25.2 Å². The molecule has 0 spiro atoms. The Morgan fingerprint density at radius 3 is 2.69 bits per heavy atom. The zero-order valence-electron chi connectivity index (χ0n) is 16.7. The fourth-order valence-electron chi connectivity index (χ4n) is 3.74. The molecule has 144 valence electrons. The summed E-state index contributed by atoms with van der Waals surface area (Å²) in [6.45, 7) is 6.56. The molecular weight excluding hydrogens is 378 g/mol. The Morgan fingerprint density at radius 1 is 1.14 bits per heavy atom. The smallest absolute Gasteiger partial charge is 0.263 e. The molecule has 0 atom stereocenters. The van der Waals surface area contributed by atoms with Gasteiger partial charge in [0, 0.05) is 17.4 Å². The van der Waals surface area contributed by atoms with E-state index in [1.165, 1.54) is 16.9 Å². The van der Waals surface area contributed by atoms with Crippen LogP contribution >= 0.6 is 11.3 Å². The third-order valence-corrected chi connectivity index (χ3v) is 6.03. The van der Waals surface area contributed by atoms with Crippen molar-refractivity contribution in [3.63, 3.8) is 0 Å². The fraction of sp³-hybridized carbons (Fsp3) is 0.208. The molecule has 0 saturated carbocycles. The molecule has 0 bridgehead atoms. The molecule has 2 aromatic heterocycles. The van der Waals surface area contributed by atoms with E-state index in [1.807, 2.05) is 30.5 Å². The van der Waals surface area contributed by atoms with Crippen molar-refractivity contribution in [2.45, 2.75) is 33.7 Å². The molecule has 0 aliphatic heterocycles. The van der Waals surface area contributed by atoms with E-state index in [9.17, 15) is 10.1 Å². The molecule has 0 amide bonds. The van der Waals surface area contributed by atoms with Gasteiger partial charge in [0.25, 0.3) is 5.56 Å². The lowest BCUT2D eigenvalue weighted by Gasteiger charge is -2.13.